The number of carbonyl (C=O) groups excluding carboxylic acids is 1. The average Bonchev–Trinajstić information content (AvgIpc) is 3.10. The summed E-state index contributed by atoms with van der Waals surface area (Å²) in [5, 5.41) is 10.7. The number of ether oxygens (including phenoxy) is 1. The molecule has 0 aromatic rings. The first-order chi connectivity index (χ1) is 15.2. The number of carbonyl (C=O) groups is 1. The fourth-order valence-corrected chi connectivity index (χ4v) is 9.08. The van der Waals surface area contributed by atoms with Crippen LogP contribution >= 0.6 is 0 Å². The standard InChI is InChI=1S/C29H48O3/c1-19(2)7-6-8-20(3)25-11-12-26-24-10-9-22-17-23(32-21(4)31)13-16-29(22,18-30)27(24)14-15-28(25,26)5/h9,19-20,23-27,30H,6-8,10-18H2,1-5H3/t20-,23-,24+,25?,26+,27+,28-,29-/m1/s1. The van der Waals surface area contributed by atoms with E-state index in [1.165, 1.54) is 63.9 Å². The van der Waals surface area contributed by atoms with Crippen LogP contribution in [0.3, 0.4) is 0 Å². The van der Waals surface area contributed by atoms with Gasteiger partial charge in [-0.2, -0.15) is 0 Å². The van der Waals surface area contributed by atoms with Gasteiger partial charge in [-0.15, -0.1) is 0 Å². The van der Waals surface area contributed by atoms with Crippen molar-refractivity contribution in [3.63, 3.8) is 0 Å². The number of esters is 1. The number of allylic oxidation sites excluding steroid dienone is 1. The van der Waals surface area contributed by atoms with Crippen molar-refractivity contribution in [1.82, 2.24) is 0 Å². The van der Waals surface area contributed by atoms with Gasteiger partial charge < -0.3 is 9.84 Å². The lowest BCUT2D eigenvalue weighted by Gasteiger charge is -2.59. The predicted octanol–water partition coefficient (Wildman–Crippen LogP) is 6.93. The van der Waals surface area contributed by atoms with Crippen LogP contribution in [-0.2, 0) is 9.53 Å². The second-order valence-corrected chi connectivity index (χ2v) is 12.7. The molecule has 3 fully saturated rings. The van der Waals surface area contributed by atoms with Gasteiger partial charge in [0, 0.05) is 18.8 Å². The zero-order valence-corrected chi connectivity index (χ0v) is 21.4. The average molecular weight is 445 g/mol. The van der Waals surface area contributed by atoms with E-state index in [0.717, 1.165) is 48.9 Å². The Bertz CT molecular complexity index is 711. The van der Waals surface area contributed by atoms with E-state index in [1.807, 2.05) is 0 Å². The molecule has 0 spiro atoms. The second-order valence-electron chi connectivity index (χ2n) is 12.7. The number of hydrogen-bond donors (Lipinski definition) is 1. The number of rotatable bonds is 7. The minimum atomic E-state index is -0.172. The van der Waals surface area contributed by atoms with Crippen molar-refractivity contribution < 1.29 is 14.6 Å². The van der Waals surface area contributed by atoms with Crippen LogP contribution in [0.2, 0.25) is 0 Å². The SMILES string of the molecule is CC(=O)O[C@@H]1CC[C@@]2(CO)C(=CC[C@@H]3[C@@H]2CC[C@]2(C)C([C@H](C)CCCC(C)C)CC[C@@H]32)C1. The maximum atomic E-state index is 11.5. The van der Waals surface area contributed by atoms with Crippen LogP contribution in [0.5, 0.6) is 0 Å². The monoisotopic (exact) mass is 444 g/mol. The van der Waals surface area contributed by atoms with E-state index in [1.54, 1.807) is 0 Å². The number of aliphatic hydroxyl groups excluding tert-OH is 1. The molecule has 0 heterocycles. The van der Waals surface area contributed by atoms with E-state index < -0.39 is 0 Å². The molecule has 3 heteroatoms. The van der Waals surface area contributed by atoms with Crippen molar-refractivity contribution in [3.05, 3.63) is 11.6 Å². The van der Waals surface area contributed by atoms with E-state index in [2.05, 4.69) is 33.8 Å². The quantitative estimate of drug-likeness (QED) is 0.342. The maximum Gasteiger partial charge on any atom is 0.302 e. The molecular weight excluding hydrogens is 396 g/mol. The highest BCUT2D eigenvalue weighted by Crippen LogP contribution is 2.67. The molecule has 3 nitrogen and oxygen atoms in total. The minimum absolute atomic E-state index is 0.00591. The van der Waals surface area contributed by atoms with Crippen LogP contribution in [0.15, 0.2) is 11.6 Å². The lowest BCUT2D eigenvalue weighted by atomic mass is 9.46. The Balaban J connectivity index is 1.50. The zero-order valence-electron chi connectivity index (χ0n) is 21.4. The summed E-state index contributed by atoms with van der Waals surface area (Å²) >= 11 is 0. The number of hydrogen-bond acceptors (Lipinski definition) is 3. The molecule has 0 aromatic heterocycles. The molecule has 0 bridgehead atoms. The molecule has 0 aromatic carbocycles. The topological polar surface area (TPSA) is 46.5 Å². The summed E-state index contributed by atoms with van der Waals surface area (Å²) in [6.07, 6.45) is 15.9. The molecule has 182 valence electrons. The Labute approximate surface area is 196 Å². The van der Waals surface area contributed by atoms with Crippen molar-refractivity contribution >= 4 is 5.97 Å². The molecule has 0 radical (unpaired) electrons. The van der Waals surface area contributed by atoms with Gasteiger partial charge in [-0.05, 0) is 85.9 Å². The van der Waals surface area contributed by atoms with Crippen LogP contribution < -0.4 is 0 Å². The third-order valence-electron chi connectivity index (χ3n) is 10.6. The van der Waals surface area contributed by atoms with Gasteiger partial charge in [-0.25, -0.2) is 0 Å². The molecule has 1 N–H and O–H groups in total. The molecule has 8 atom stereocenters. The van der Waals surface area contributed by atoms with E-state index in [0.29, 0.717) is 11.3 Å². The summed E-state index contributed by atoms with van der Waals surface area (Å²) < 4.78 is 5.58. The summed E-state index contributed by atoms with van der Waals surface area (Å²) in [5.74, 6) is 4.50. The Morgan fingerprint density at radius 3 is 2.59 bits per heavy atom. The van der Waals surface area contributed by atoms with E-state index in [9.17, 15) is 9.90 Å². The third-order valence-corrected chi connectivity index (χ3v) is 10.6. The first-order valence-electron chi connectivity index (χ1n) is 13.7. The van der Waals surface area contributed by atoms with Crippen LogP contribution in [0, 0.1) is 46.3 Å². The molecule has 0 aliphatic heterocycles. The van der Waals surface area contributed by atoms with Crippen LogP contribution in [0.4, 0.5) is 0 Å². The Hall–Kier alpha value is -0.830. The zero-order chi connectivity index (χ0) is 23.1. The van der Waals surface area contributed by atoms with Crippen LogP contribution in [0.25, 0.3) is 0 Å². The Morgan fingerprint density at radius 2 is 1.91 bits per heavy atom. The Morgan fingerprint density at radius 1 is 1.12 bits per heavy atom. The van der Waals surface area contributed by atoms with Gasteiger partial charge in [0.15, 0.2) is 0 Å². The molecule has 4 rings (SSSR count). The van der Waals surface area contributed by atoms with Crippen LogP contribution in [-0.4, -0.2) is 23.8 Å². The van der Waals surface area contributed by atoms with Crippen molar-refractivity contribution in [2.24, 2.45) is 46.3 Å². The van der Waals surface area contributed by atoms with Gasteiger partial charge in [0.2, 0.25) is 0 Å². The molecule has 0 amide bonds. The summed E-state index contributed by atoms with van der Waals surface area (Å²) in [5.41, 5.74) is 1.83. The normalized spacial score (nSPS) is 42.0. The summed E-state index contributed by atoms with van der Waals surface area (Å²) in [6.45, 7) is 11.6. The van der Waals surface area contributed by atoms with Gasteiger partial charge in [0.1, 0.15) is 6.10 Å². The van der Waals surface area contributed by atoms with Crippen LogP contribution in [0.1, 0.15) is 105 Å². The summed E-state index contributed by atoms with van der Waals surface area (Å²) in [6, 6.07) is 0. The minimum Gasteiger partial charge on any atom is -0.462 e. The highest BCUT2D eigenvalue weighted by Gasteiger charge is 2.60. The largest absolute Gasteiger partial charge is 0.462 e. The molecule has 4 aliphatic rings. The molecular formula is C29H48O3. The van der Waals surface area contributed by atoms with Crippen molar-refractivity contribution in [2.45, 2.75) is 111 Å². The number of fused-ring (bicyclic) bond motifs is 5. The van der Waals surface area contributed by atoms with E-state index in [4.69, 9.17) is 4.74 Å². The van der Waals surface area contributed by atoms with Crippen molar-refractivity contribution in [1.29, 1.82) is 0 Å². The molecule has 4 aliphatic carbocycles. The number of aliphatic hydroxyl groups is 1. The fraction of sp³-hybridized carbons (Fsp3) is 0.897. The van der Waals surface area contributed by atoms with Gasteiger partial charge in [0.05, 0.1) is 6.61 Å². The first-order valence-corrected chi connectivity index (χ1v) is 13.7. The van der Waals surface area contributed by atoms with Gasteiger partial charge >= 0.3 is 5.97 Å². The Kier molecular flexibility index (Phi) is 7.16. The van der Waals surface area contributed by atoms with E-state index >= 15 is 0 Å². The molecule has 0 saturated heterocycles. The first kappa shape index (κ1) is 24.3. The van der Waals surface area contributed by atoms with Crippen molar-refractivity contribution in [2.75, 3.05) is 6.61 Å². The highest BCUT2D eigenvalue weighted by molar-refractivity contribution is 5.66. The van der Waals surface area contributed by atoms with Gasteiger partial charge in [-0.3, -0.25) is 4.79 Å². The van der Waals surface area contributed by atoms with E-state index in [-0.39, 0.29) is 24.1 Å². The summed E-state index contributed by atoms with van der Waals surface area (Å²) in [4.78, 5) is 11.5. The van der Waals surface area contributed by atoms with Gasteiger partial charge in [0.25, 0.3) is 0 Å². The highest BCUT2D eigenvalue weighted by atomic mass is 16.5. The summed E-state index contributed by atoms with van der Waals surface area (Å²) in [7, 11) is 0. The molecule has 3 saturated carbocycles. The lowest BCUT2D eigenvalue weighted by molar-refractivity contribution is -0.149. The van der Waals surface area contributed by atoms with Gasteiger partial charge in [-0.1, -0.05) is 58.6 Å². The molecule has 1 unspecified atom stereocenters. The fourth-order valence-electron chi connectivity index (χ4n) is 9.08. The lowest BCUT2D eigenvalue weighted by Crippen LogP contribution is -2.53. The second kappa shape index (κ2) is 9.43. The smallest absolute Gasteiger partial charge is 0.302 e. The predicted molar refractivity (Wildman–Crippen MR) is 130 cm³/mol. The van der Waals surface area contributed by atoms with Crippen molar-refractivity contribution in [3.8, 4) is 0 Å². The third kappa shape index (κ3) is 4.21. The maximum absolute atomic E-state index is 11.5. The molecule has 32 heavy (non-hydrogen) atoms.